The monoisotopic (exact) mass is 299 g/mol. The van der Waals surface area contributed by atoms with E-state index in [2.05, 4.69) is 10.3 Å². The predicted molar refractivity (Wildman–Crippen MR) is 82.9 cm³/mol. The maximum absolute atomic E-state index is 12.4. The summed E-state index contributed by atoms with van der Waals surface area (Å²) in [5, 5.41) is 8.05. The van der Waals surface area contributed by atoms with Gasteiger partial charge < -0.3 is 0 Å². The molecular weight excluding hydrogens is 282 g/mol. The van der Waals surface area contributed by atoms with E-state index in [9.17, 15) is 9.59 Å². The summed E-state index contributed by atoms with van der Waals surface area (Å²) in [7, 11) is 1.46. The van der Waals surface area contributed by atoms with Gasteiger partial charge in [0.2, 0.25) is 0 Å². The van der Waals surface area contributed by atoms with Gasteiger partial charge in [-0.25, -0.2) is 9.48 Å². The highest BCUT2D eigenvalue weighted by atomic mass is 16.2. The number of benzene rings is 1. The van der Waals surface area contributed by atoms with Gasteiger partial charge in [-0.05, 0) is 12.0 Å². The second-order valence-corrected chi connectivity index (χ2v) is 5.20. The maximum Gasteiger partial charge on any atom is 0.332 e. The molecule has 0 N–H and O–H groups in total. The first-order chi connectivity index (χ1) is 10.6. The minimum Gasteiger partial charge on any atom is -0.276 e. The lowest BCUT2D eigenvalue weighted by molar-refractivity contribution is 0.582. The molecule has 0 spiro atoms. The van der Waals surface area contributed by atoms with Crippen LogP contribution in [0.5, 0.6) is 0 Å². The lowest BCUT2D eigenvalue weighted by Gasteiger charge is -2.10. The molecule has 0 aliphatic rings. The molecule has 0 saturated carbocycles. The van der Waals surface area contributed by atoms with Gasteiger partial charge in [-0.1, -0.05) is 42.5 Å². The highest BCUT2D eigenvalue weighted by Crippen LogP contribution is 2.09. The van der Waals surface area contributed by atoms with Crippen molar-refractivity contribution in [2.75, 3.05) is 0 Å². The van der Waals surface area contributed by atoms with E-state index in [1.165, 1.54) is 7.05 Å². The second kappa shape index (κ2) is 5.59. The fraction of sp³-hybridized carbons (Fsp3) is 0.333. The van der Waals surface area contributed by atoms with Gasteiger partial charge in [-0.2, -0.15) is 0 Å². The number of fused-ring (bicyclic) bond motifs is 1. The summed E-state index contributed by atoms with van der Waals surface area (Å²) in [5.41, 5.74) is 0.999. The fourth-order valence-electron chi connectivity index (χ4n) is 2.52. The summed E-state index contributed by atoms with van der Waals surface area (Å²) in [6.45, 7) is 2.97. The summed E-state index contributed by atoms with van der Waals surface area (Å²) >= 11 is 0. The Bertz CT molecular complexity index is 921. The molecule has 0 amide bonds. The SMILES string of the molecule is CCCn1c(=O)n(C)c(=O)c2nnn(Cc3ccccc3)c21. The zero-order valence-corrected chi connectivity index (χ0v) is 12.6. The first-order valence-corrected chi connectivity index (χ1v) is 7.20. The van der Waals surface area contributed by atoms with Gasteiger partial charge >= 0.3 is 5.69 Å². The molecule has 0 aliphatic heterocycles. The third-order valence-corrected chi connectivity index (χ3v) is 3.61. The molecule has 0 bridgehead atoms. The van der Waals surface area contributed by atoms with Crippen LogP contribution in [-0.4, -0.2) is 24.1 Å². The molecule has 1 aromatic carbocycles. The summed E-state index contributed by atoms with van der Waals surface area (Å²) < 4.78 is 4.27. The minimum atomic E-state index is -0.410. The highest BCUT2D eigenvalue weighted by molar-refractivity contribution is 5.68. The van der Waals surface area contributed by atoms with Crippen LogP contribution in [0.4, 0.5) is 0 Å². The number of nitrogens with zero attached hydrogens (tertiary/aromatic N) is 5. The van der Waals surface area contributed by atoms with E-state index >= 15 is 0 Å². The number of hydrogen-bond acceptors (Lipinski definition) is 4. The molecule has 0 atom stereocenters. The van der Waals surface area contributed by atoms with Crippen molar-refractivity contribution in [2.24, 2.45) is 7.05 Å². The molecular formula is C15H17N5O2. The van der Waals surface area contributed by atoms with Gasteiger partial charge in [0.15, 0.2) is 11.2 Å². The summed E-state index contributed by atoms with van der Waals surface area (Å²) in [6.07, 6.45) is 0.781. The van der Waals surface area contributed by atoms with Crippen molar-refractivity contribution in [1.82, 2.24) is 24.1 Å². The van der Waals surface area contributed by atoms with Crippen LogP contribution in [0, 0.1) is 0 Å². The number of aryl methyl sites for hydroxylation is 1. The molecule has 0 radical (unpaired) electrons. The highest BCUT2D eigenvalue weighted by Gasteiger charge is 2.17. The maximum atomic E-state index is 12.4. The summed E-state index contributed by atoms with van der Waals surface area (Å²) in [5.74, 6) is 0. The van der Waals surface area contributed by atoms with Crippen LogP contribution in [0.1, 0.15) is 18.9 Å². The van der Waals surface area contributed by atoms with Crippen LogP contribution in [0.2, 0.25) is 0 Å². The number of aromatic nitrogens is 5. The van der Waals surface area contributed by atoms with Crippen molar-refractivity contribution in [1.29, 1.82) is 0 Å². The van der Waals surface area contributed by atoms with Crippen molar-refractivity contribution in [3.05, 3.63) is 56.7 Å². The van der Waals surface area contributed by atoms with E-state index in [-0.39, 0.29) is 11.2 Å². The molecule has 22 heavy (non-hydrogen) atoms. The minimum absolute atomic E-state index is 0.228. The molecule has 0 aliphatic carbocycles. The molecule has 2 aromatic heterocycles. The molecule has 0 saturated heterocycles. The Kier molecular flexibility index (Phi) is 3.62. The van der Waals surface area contributed by atoms with E-state index in [1.807, 2.05) is 37.3 Å². The van der Waals surface area contributed by atoms with Crippen LogP contribution in [-0.2, 0) is 20.1 Å². The predicted octanol–water partition coefficient (Wildman–Crippen LogP) is 0.750. The van der Waals surface area contributed by atoms with Gasteiger partial charge in [0, 0.05) is 13.6 Å². The molecule has 3 rings (SSSR count). The van der Waals surface area contributed by atoms with Crippen LogP contribution in [0.25, 0.3) is 11.2 Å². The van der Waals surface area contributed by atoms with Gasteiger partial charge in [-0.15, -0.1) is 5.10 Å². The average Bonchev–Trinajstić information content (AvgIpc) is 2.94. The Hall–Kier alpha value is -2.70. The lowest BCUT2D eigenvalue weighted by Crippen LogP contribution is -2.38. The van der Waals surface area contributed by atoms with E-state index in [4.69, 9.17) is 0 Å². The Labute approximate surface area is 126 Å². The Morgan fingerprint density at radius 3 is 2.55 bits per heavy atom. The van der Waals surface area contributed by atoms with Crippen LogP contribution in [0.3, 0.4) is 0 Å². The van der Waals surface area contributed by atoms with Crippen molar-refractivity contribution < 1.29 is 0 Å². The van der Waals surface area contributed by atoms with Gasteiger partial charge in [-0.3, -0.25) is 13.9 Å². The third kappa shape index (κ3) is 2.24. The molecule has 3 aromatic rings. The smallest absolute Gasteiger partial charge is 0.276 e. The zero-order valence-electron chi connectivity index (χ0n) is 12.6. The zero-order chi connectivity index (χ0) is 15.7. The van der Waals surface area contributed by atoms with Crippen LogP contribution in [0.15, 0.2) is 39.9 Å². The van der Waals surface area contributed by atoms with E-state index in [0.29, 0.717) is 18.7 Å². The normalized spacial score (nSPS) is 11.2. The molecule has 0 fully saturated rings. The Morgan fingerprint density at radius 1 is 1.14 bits per heavy atom. The quantitative estimate of drug-likeness (QED) is 0.712. The Balaban J connectivity index is 2.25. The molecule has 2 heterocycles. The van der Waals surface area contributed by atoms with Crippen LogP contribution >= 0.6 is 0 Å². The summed E-state index contributed by atoms with van der Waals surface area (Å²) in [4.78, 5) is 24.6. The van der Waals surface area contributed by atoms with E-state index in [1.54, 1.807) is 9.25 Å². The molecule has 0 unspecified atom stereocenters. The number of hydrogen-bond donors (Lipinski definition) is 0. The summed E-state index contributed by atoms with van der Waals surface area (Å²) in [6, 6.07) is 9.75. The van der Waals surface area contributed by atoms with Crippen molar-refractivity contribution >= 4 is 11.2 Å². The van der Waals surface area contributed by atoms with E-state index < -0.39 is 5.56 Å². The van der Waals surface area contributed by atoms with Gasteiger partial charge in [0.1, 0.15) is 0 Å². The second-order valence-electron chi connectivity index (χ2n) is 5.20. The molecule has 114 valence electrons. The van der Waals surface area contributed by atoms with E-state index in [0.717, 1.165) is 16.6 Å². The fourth-order valence-corrected chi connectivity index (χ4v) is 2.52. The van der Waals surface area contributed by atoms with Crippen LogP contribution < -0.4 is 11.2 Å². The third-order valence-electron chi connectivity index (χ3n) is 3.61. The lowest BCUT2D eigenvalue weighted by atomic mass is 10.2. The van der Waals surface area contributed by atoms with Gasteiger partial charge in [0.25, 0.3) is 5.56 Å². The molecule has 7 nitrogen and oxygen atoms in total. The van der Waals surface area contributed by atoms with Crippen molar-refractivity contribution in [3.63, 3.8) is 0 Å². The largest absolute Gasteiger partial charge is 0.332 e. The topological polar surface area (TPSA) is 74.7 Å². The first kappa shape index (κ1) is 14.2. The van der Waals surface area contributed by atoms with Gasteiger partial charge in [0.05, 0.1) is 6.54 Å². The first-order valence-electron chi connectivity index (χ1n) is 7.20. The number of rotatable bonds is 4. The van der Waals surface area contributed by atoms with Crippen molar-refractivity contribution in [3.8, 4) is 0 Å². The standard InChI is InChI=1S/C15H17N5O2/c1-3-9-19-13-12(14(21)18(2)15(19)22)16-17-20(13)10-11-7-5-4-6-8-11/h4-8H,3,9-10H2,1-2H3. The van der Waals surface area contributed by atoms with Crippen molar-refractivity contribution in [2.45, 2.75) is 26.4 Å². The average molecular weight is 299 g/mol. The Morgan fingerprint density at radius 2 is 1.86 bits per heavy atom. The molecule has 7 heteroatoms.